The molecule has 0 amide bonds. The van der Waals surface area contributed by atoms with Crippen LogP contribution in [0.25, 0.3) is 11.5 Å². The lowest BCUT2D eigenvalue weighted by Gasteiger charge is -1.97. The van der Waals surface area contributed by atoms with Gasteiger partial charge in [-0.2, -0.15) is 0 Å². The number of hydrogen-bond donors (Lipinski definition) is 1. The maximum Gasteiger partial charge on any atom is 0.374 e. The Kier molecular flexibility index (Phi) is 3.85. The van der Waals surface area contributed by atoms with Gasteiger partial charge in [0.1, 0.15) is 0 Å². The van der Waals surface area contributed by atoms with Gasteiger partial charge in [-0.25, -0.2) is 18.6 Å². The van der Waals surface area contributed by atoms with Crippen LogP contribution in [0.2, 0.25) is 5.02 Å². The molecule has 2 rings (SSSR count). The van der Waals surface area contributed by atoms with Crippen molar-refractivity contribution >= 4 is 23.3 Å². The van der Waals surface area contributed by atoms with Crippen LogP contribution in [-0.2, 0) is 0 Å². The van der Waals surface area contributed by atoms with Crippen LogP contribution in [0.1, 0.15) is 22.7 Å². The smallest absolute Gasteiger partial charge is 0.374 e. The largest absolute Gasteiger partial charge is 0.475 e. The average Bonchev–Trinajstić information content (AvgIpc) is 2.83. The van der Waals surface area contributed by atoms with Crippen LogP contribution < -0.4 is 0 Å². The second kappa shape index (κ2) is 5.44. The minimum atomic E-state index is -3.16. The van der Waals surface area contributed by atoms with E-state index in [1.54, 1.807) is 0 Å². The van der Waals surface area contributed by atoms with Crippen molar-refractivity contribution in [1.29, 1.82) is 0 Å². The number of benzene rings is 1. The molecule has 0 aliphatic heterocycles. The molecule has 1 N–H and O–H groups in total. The molecule has 10 heteroatoms. The van der Waals surface area contributed by atoms with Crippen LogP contribution in [0.5, 0.6) is 0 Å². The number of rotatable bonds is 4. The van der Waals surface area contributed by atoms with E-state index < -0.39 is 40.4 Å². The minimum Gasteiger partial charge on any atom is -0.475 e. The summed E-state index contributed by atoms with van der Waals surface area (Å²) in [6.07, 6.45) is -3.16. The topological polar surface area (TPSA) is 106 Å². The molecule has 7 nitrogen and oxygen atoms in total. The average molecular weight is 319 g/mol. The van der Waals surface area contributed by atoms with Crippen LogP contribution in [-0.4, -0.2) is 21.0 Å². The number of nitro benzene ring substituents is 1. The molecule has 21 heavy (non-hydrogen) atoms. The van der Waals surface area contributed by atoms with Gasteiger partial charge in [-0.05, 0) is 6.07 Å². The molecule has 110 valence electrons. The van der Waals surface area contributed by atoms with Crippen molar-refractivity contribution in [3.05, 3.63) is 44.8 Å². The summed E-state index contributed by atoms with van der Waals surface area (Å²) >= 11 is 5.68. The van der Waals surface area contributed by atoms with Crippen molar-refractivity contribution in [1.82, 2.24) is 4.98 Å². The fourth-order valence-corrected chi connectivity index (χ4v) is 1.79. The van der Waals surface area contributed by atoms with E-state index in [1.807, 2.05) is 0 Å². The first-order chi connectivity index (χ1) is 9.79. The van der Waals surface area contributed by atoms with Crippen molar-refractivity contribution in [3.8, 4) is 11.5 Å². The lowest BCUT2D eigenvalue weighted by Crippen LogP contribution is -1.99. The highest BCUT2D eigenvalue weighted by atomic mass is 35.5. The summed E-state index contributed by atoms with van der Waals surface area (Å²) < 4.78 is 30.1. The second-order valence-corrected chi connectivity index (χ2v) is 4.23. The Bertz CT molecular complexity index is 731. The van der Waals surface area contributed by atoms with Crippen molar-refractivity contribution in [2.45, 2.75) is 6.43 Å². The van der Waals surface area contributed by atoms with E-state index in [0.29, 0.717) is 0 Å². The van der Waals surface area contributed by atoms with E-state index in [4.69, 9.17) is 21.1 Å². The third-order valence-electron chi connectivity index (χ3n) is 2.39. The number of nitro groups is 1. The zero-order valence-electron chi connectivity index (χ0n) is 9.92. The van der Waals surface area contributed by atoms with Gasteiger partial charge < -0.3 is 9.52 Å². The Morgan fingerprint density at radius 2 is 2.10 bits per heavy atom. The van der Waals surface area contributed by atoms with Crippen molar-refractivity contribution < 1.29 is 28.0 Å². The van der Waals surface area contributed by atoms with Gasteiger partial charge >= 0.3 is 5.97 Å². The monoisotopic (exact) mass is 318 g/mol. The summed E-state index contributed by atoms with van der Waals surface area (Å²) in [5.74, 6) is -3.24. The van der Waals surface area contributed by atoms with Crippen LogP contribution in [0.3, 0.4) is 0 Å². The molecular weight excluding hydrogens is 314 g/mol. The maximum absolute atomic E-state index is 12.7. The number of halogens is 3. The molecule has 0 spiro atoms. The fraction of sp³-hybridized carbons (Fsp3) is 0.0909. The predicted molar refractivity (Wildman–Crippen MR) is 65.5 cm³/mol. The standard InChI is InChI=1S/C11H5ClF2N2O5/c12-5-1-4(2-6(3-5)16(19)20)10-15-7(9(13)14)8(21-10)11(17)18/h1-3,9H,(H,17,18). The molecule has 0 saturated carbocycles. The van der Waals surface area contributed by atoms with E-state index in [9.17, 15) is 23.7 Å². The number of non-ortho nitro benzene ring substituents is 1. The van der Waals surface area contributed by atoms with Crippen LogP contribution in [0.4, 0.5) is 14.5 Å². The van der Waals surface area contributed by atoms with Gasteiger partial charge in [-0.15, -0.1) is 0 Å². The summed E-state index contributed by atoms with van der Waals surface area (Å²) in [5.41, 5.74) is -1.55. The molecule has 1 aromatic heterocycles. The predicted octanol–water partition coefficient (Wildman–Crippen LogP) is 3.54. The highest BCUT2D eigenvalue weighted by Crippen LogP contribution is 2.32. The number of carboxylic acids is 1. The van der Waals surface area contributed by atoms with Crippen molar-refractivity contribution in [2.24, 2.45) is 0 Å². The van der Waals surface area contributed by atoms with Gasteiger partial charge in [0, 0.05) is 22.7 Å². The molecule has 0 bridgehead atoms. The quantitative estimate of drug-likeness (QED) is 0.682. The summed E-state index contributed by atoms with van der Waals surface area (Å²) in [4.78, 5) is 24.1. The van der Waals surface area contributed by atoms with E-state index >= 15 is 0 Å². The summed E-state index contributed by atoms with van der Waals surface area (Å²) in [6.45, 7) is 0. The van der Waals surface area contributed by atoms with Gasteiger partial charge in [0.25, 0.3) is 12.1 Å². The van der Waals surface area contributed by atoms with Crippen molar-refractivity contribution in [2.75, 3.05) is 0 Å². The maximum atomic E-state index is 12.7. The highest BCUT2D eigenvalue weighted by molar-refractivity contribution is 6.31. The third-order valence-corrected chi connectivity index (χ3v) is 2.61. The van der Waals surface area contributed by atoms with Gasteiger partial charge in [-0.3, -0.25) is 10.1 Å². The number of alkyl halides is 2. The van der Waals surface area contributed by atoms with Crippen molar-refractivity contribution in [3.63, 3.8) is 0 Å². The first-order valence-corrected chi connectivity index (χ1v) is 5.65. The number of oxazole rings is 1. The van der Waals surface area contributed by atoms with Crippen LogP contribution in [0, 0.1) is 10.1 Å². The Morgan fingerprint density at radius 3 is 2.57 bits per heavy atom. The Balaban J connectivity index is 2.59. The fourth-order valence-electron chi connectivity index (χ4n) is 1.56. The summed E-state index contributed by atoms with van der Waals surface area (Å²) in [6, 6.07) is 3.21. The zero-order chi connectivity index (χ0) is 15.7. The molecule has 0 radical (unpaired) electrons. The molecule has 1 aromatic carbocycles. The number of hydrogen-bond acceptors (Lipinski definition) is 5. The molecule has 0 aliphatic carbocycles. The molecule has 2 aromatic rings. The zero-order valence-corrected chi connectivity index (χ0v) is 10.7. The lowest BCUT2D eigenvalue weighted by molar-refractivity contribution is -0.384. The summed E-state index contributed by atoms with van der Waals surface area (Å²) in [7, 11) is 0. The van der Waals surface area contributed by atoms with Gasteiger partial charge in [-0.1, -0.05) is 11.6 Å². The molecule has 1 heterocycles. The Labute approximate surface area is 119 Å². The molecular formula is C11H5ClF2N2O5. The first-order valence-electron chi connectivity index (χ1n) is 5.27. The van der Waals surface area contributed by atoms with E-state index in [1.165, 1.54) is 6.07 Å². The number of carbonyl (C=O) groups is 1. The van der Waals surface area contributed by atoms with Gasteiger partial charge in [0.05, 0.1) is 4.92 Å². The first kappa shape index (κ1) is 14.9. The Hall–Kier alpha value is -2.55. The molecule has 0 atom stereocenters. The number of aromatic carboxylic acids is 1. The van der Waals surface area contributed by atoms with E-state index in [0.717, 1.165) is 12.1 Å². The summed E-state index contributed by atoms with van der Waals surface area (Å²) in [5, 5.41) is 19.4. The molecule has 0 unspecified atom stereocenters. The number of aromatic nitrogens is 1. The second-order valence-electron chi connectivity index (χ2n) is 3.79. The number of carboxylic acid groups (broad SMARTS) is 1. The van der Waals surface area contributed by atoms with Crippen LogP contribution >= 0.6 is 11.6 Å². The molecule has 0 aliphatic rings. The van der Waals surface area contributed by atoms with Gasteiger partial charge in [0.15, 0.2) is 5.69 Å². The molecule has 0 saturated heterocycles. The number of nitrogens with zero attached hydrogens (tertiary/aromatic N) is 2. The third kappa shape index (κ3) is 2.97. The lowest BCUT2D eigenvalue weighted by atomic mass is 10.2. The molecule has 0 fully saturated rings. The Morgan fingerprint density at radius 1 is 1.43 bits per heavy atom. The minimum absolute atomic E-state index is 0.0483. The van der Waals surface area contributed by atoms with Crippen LogP contribution in [0.15, 0.2) is 22.6 Å². The highest BCUT2D eigenvalue weighted by Gasteiger charge is 2.27. The van der Waals surface area contributed by atoms with Gasteiger partial charge in [0.2, 0.25) is 11.7 Å². The van der Waals surface area contributed by atoms with E-state index in [-0.39, 0.29) is 10.6 Å². The normalized spacial score (nSPS) is 10.9. The SMILES string of the molecule is O=C(O)c1oc(-c2cc(Cl)cc([N+](=O)[O-])c2)nc1C(F)F. The van der Waals surface area contributed by atoms with E-state index in [2.05, 4.69) is 4.98 Å².